The molecule has 1 unspecified atom stereocenters. The van der Waals surface area contributed by atoms with Crippen LogP contribution in [0.25, 0.3) is 10.2 Å². The van der Waals surface area contributed by atoms with E-state index in [1.807, 2.05) is 0 Å². The highest BCUT2D eigenvalue weighted by atomic mass is 32.1. The lowest BCUT2D eigenvalue weighted by molar-refractivity contribution is 0.0904. The molecule has 0 bridgehead atoms. The first-order valence-electron chi connectivity index (χ1n) is 11.2. The van der Waals surface area contributed by atoms with Gasteiger partial charge in [0, 0.05) is 51.1 Å². The van der Waals surface area contributed by atoms with Gasteiger partial charge in [0.2, 0.25) is 0 Å². The molecule has 2 aliphatic rings. The summed E-state index contributed by atoms with van der Waals surface area (Å²) in [6, 6.07) is 15.4. The summed E-state index contributed by atoms with van der Waals surface area (Å²) in [5.74, 6) is 0. The summed E-state index contributed by atoms with van der Waals surface area (Å²) in [6.07, 6.45) is 2.73. The van der Waals surface area contributed by atoms with Crippen LogP contribution in [0.4, 0.5) is 10.8 Å². The highest BCUT2D eigenvalue weighted by molar-refractivity contribution is 7.22. The monoisotopic (exact) mass is 438 g/mol. The second kappa shape index (κ2) is 9.53. The lowest BCUT2D eigenvalue weighted by Gasteiger charge is -2.30. The van der Waals surface area contributed by atoms with E-state index in [2.05, 4.69) is 63.0 Å². The molecule has 7 heteroatoms. The van der Waals surface area contributed by atoms with Crippen LogP contribution in [-0.4, -0.2) is 60.0 Å². The van der Waals surface area contributed by atoms with Crippen molar-refractivity contribution in [3.63, 3.8) is 0 Å². The molecule has 3 N–H and O–H groups in total. The van der Waals surface area contributed by atoms with Gasteiger partial charge in [-0.3, -0.25) is 4.90 Å². The number of β-amino-alcohol motifs (C(OH)–C–C–N with tert-alkyl or cyclic N) is 1. The fourth-order valence-corrected chi connectivity index (χ4v) is 5.36. The molecule has 3 heterocycles. The second-order valence-corrected chi connectivity index (χ2v) is 9.55. The Morgan fingerprint density at radius 3 is 2.87 bits per heavy atom. The molecule has 0 radical (unpaired) electrons. The Hall–Kier alpha value is -2.19. The molecule has 1 saturated heterocycles. The molecule has 2 aromatic carbocycles. The number of hydrogen-bond acceptors (Lipinski definition) is 7. The fraction of sp³-hybridized carbons (Fsp3) is 0.458. The number of aromatic nitrogens is 1. The first kappa shape index (κ1) is 20.7. The van der Waals surface area contributed by atoms with Crippen LogP contribution in [-0.2, 0) is 17.7 Å². The third kappa shape index (κ3) is 5.18. The molecule has 0 amide bonds. The van der Waals surface area contributed by atoms with Gasteiger partial charge in [0.15, 0.2) is 5.13 Å². The molecule has 1 fully saturated rings. The minimum absolute atomic E-state index is 0.428. The van der Waals surface area contributed by atoms with E-state index in [9.17, 15) is 5.11 Å². The topological polar surface area (TPSA) is 69.6 Å². The molecule has 0 aliphatic carbocycles. The van der Waals surface area contributed by atoms with Crippen LogP contribution in [0, 0.1) is 0 Å². The zero-order valence-electron chi connectivity index (χ0n) is 17.7. The minimum Gasteiger partial charge on any atom is -0.390 e. The Labute approximate surface area is 187 Å². The number of aliphatic hydroxyl groups is 1. The van der Waals surface area contributed by atoms with Crippen molar-refractivity contribution in [3.05, 3.63) is 53.6 Å². The molecule has 6 nitrogen and oxygen atoms in total. The number of rotatable bonds is 7. The van der Waals surface area contributed by atoms with Crippen molar-refractivity contribution in [1.29, 1.82) is 0 Å². The molecule has 3 aromatic rings. The summed E-state index contributed by atoms with van der Waals surface area (Å²) < 4.78 is 6.60. The summed E-state index contributed by atoms with van der Waals surface area (Å²) in [5.41, 5.74) is 4.95. The van der Waals surface area contributed by atoms with Gasteiger partial charge in [-0.15, -0.1) is 0 Å². The Morgan fingerprint density at radius 2 is 2.00 bits per heavy atom. The Balaban J connectivity index is 1.14. The Morgan fingerprint density at radius 1 is 1.16 bits per heavy atom. The quantitative estimate of drug-likeness (QED) is 0.522. The average Bonchev–Trinajstić information content (AvgIpc) is 3.21. The summed E-state index contributed by atoms with van der Waals surface area (Å²) in [6.45, 7) is 4.76. The van der Waals surface area contributed by atoms with Crippen molar-refractivity contribution >= 4 is 32.4 Å². The van der Waals surface area contributed by atoms with E-state index >= 15 is 0 Å². The predicted molar refractivity (Wildman–Crippen MR) is 127 cm³/mol. The van der Waals surface area contributed by atoms with E-state index in [0.717, 1.165) is 66.6 Å². The SMILES string of the molecule is OC(CNc1nc2ccc(NC3CCOCC3)cc2s1)CN1CCc2ccccc2C1. The van der Waals surface area contributed by atoms with Crippen LogP contribution < -0.4 is 10.6 Å². The van der Waals surface area contributed by atoms with E-state index in [0.29, 0.717) is 19.1 Å². The highest BCUT2D eigenvalue weighted by Crippen LogP contribution is 2.29. The number of hydrogen-bond donors (Lipinski definition) is 3. The van der Waals surface area contributed by atoms with Gasteiger partial charge in [0.25, 0.3) is 0 Å². The molecule has 31 heavy (non-hydrogen) atoms. The standard InChI is InChI=1S/C24H30N4O2S/c29-21(16-28-10-7-17-3-1-2-4-18(17)15-28)14-25-24-27-22-6-5-20(13-23(22)31-24)26-19-8-11-30-12-9-19/h1-6,13,19,21,26,29H,7-12,14-16H2,(H,25,27). The van der Waals surface area contributed by atoms with E-state index in [-0.39, 0.29) is 0 Å². The molecule has 0 spiro atoms. The van der Waals surface area contributed by atoms with Crippen molar-refractivity contribution in [2.24, 2.45) is 0 Å². The van der Waals surface area contributed by atoms with Gasteiger partial charge in [-0.2, -0.15) is 0 Å². The van der Waals surface area contributed by atoms with Crippen molar-refractivity contribution in [2.75, 3.05) is 43.5 Å². The van der Waals surface area contributed by atoms with Crippen LogP contribution in [0.1, 0.15) is 24.0 Å². The van der Waals surface area contributed by atoms with Gasteiger partial charge < -0.3 is 20.5 Å². The van der Waals surface area contributed by atoms with E-state index in [4.69, 9.17) is 4.74 Å². The lowest BCUT2D eigenvalue weighted by atomic mass is 10.00. The molecule has 1 atom stereocenters. The number of nitrogens with one attached hydrogen (secondary N) is 2. The molecule has 1 aromatic heterocycles. The van der Waals surface area contributed by atoms with Gasteiger partial charge in [-0.25, -0.2) is 4.98 Å². The third-order valence-corrected chi connectivity index (χ3v) is 7.12. The summed E-state index contributed by atoms with van der Waals surface area (Å²) in [5, 5.41) is 18.4. The van der Waals surface area contributed by atoms with Gasteiger partial charge in [-0.1, -0.05) is 35.6 Å². The maximum absolute atomic E-state index is 10.6. The van der Waals surface area contributed by atoms with Crippen molar-refractivity contribution in [1.82, 2.24) is 9.88 Å². The zero-order chi connectivity index (χ0) is 21.0. The number of ether oxygens (including phenoxy) is 1. The second-order valence-electron chi connectivity index (χ2n) is 8.52. The third-order valence-electron chi connectivity index (χ3n) is 6.15. The van der Waals surface area contributed by atoms with Gasteiger partial charge in [0.05, 0.1) is 16.3 Å². The normalized spacial score (nSPS) is 18.6. The van der Waals surface area contributed by atoms with Gasteiger partial charge in [0.1, 0.15) is 0 Å². The first-order valence-corrected chi connectivity index (χ1v) is 12.0. The molecule has 2 aliphatic heterocycles. The van der Waals surface area contributed by atoms with Crippen LogP contribution in [0.15, 0.2) is 42.5 Å². The summed E-state index contributed by atoms with van der Waals surface area (Å²) in [7, 11) is 0. The number of anilines is 2. The minimum atomic E-state index is -0.428. The molecule has 164 valence electrons. The van der Waals surface area contributed by atoms with Crippen molar-refractivity contribution < 1.29 is 9.84 Å². The van der Waals surface area contributed by atoms with Crippen molar-refractivity contribution in [2.45, 2.75) is 38.0 Å². The largest absolute Gasteiger partial charge is 0.390 e. The van der Waals surface area contributed by atoms with Crippen LogP contribution in [0.2, 0.25) is 0 Å². The maximum atomic E-state index is 10.6. The summed E-state index contributed by atoms with van der Waals surface area (Å²) >= 11 is 1.64. The molecule has 5 rings (SSSR count). The van der Waals surface area contributed by atoms with Gasteiger partial charge >= 0.3 is 0 Å². The number of thiazole rings is 1. The summed E-state index contributed by atoms with van der Waals surface area (Å²) in [4.78, 5) is 7.02. The van der Waals surface area contributed by atoms with Crippen LogP contribution >= 0.6 is 11.3 Å². The van der Waals surface area contributed by atoms with Gasteiger partial charge in [-0.05, 0) is 48.6 Å². The number of benzene rings is 2. The van der Waals surface area contributed by atoms with E-state index in [1.54, 1.807) is 11.3 Å². The fourth-order valence-electron chi connectivity index (χ4n) is 4.45. The number of fused-ring (bicyclic) bond motifs is 2. The average molecular weight is 439 g/mol. The maximum Gasteiger partial charge on any atom is 0.183 e. The number of aliphatic hydroxyl groups excluding tert-OH is 1. The van der Waals surface area contributed by atoms with E-state index in [1.165, 1.54) is 11.1 Å². The zero-order valence-corrected chi connectivity index (χ0v) is 18.5. The lowest BCUT2D eigenvalue weighted by Crippen LogP contribution is -2.39. The Kier molecular flexibility index (Phi) is 6.36. The molecule has 0 saturated carbocycles. The predicted octanol–water partition coefficient (Wildman–Crippen LogP) is 3.72. The highest BCUT2D eigenvalue weighted by Gasteiger charge is 2.19. The van der Waals surface area contributed by atoms with Crippen LogP contribution in [0.3, 0.4) is 0 Å². The van der Waals surface area contributed by atoms with Crippen molar-refractivity contribution in [3.8, 4) is 0 Å². The van der Waals surface area contributed by atoms with E-state index < -0.39 is 6.10 Å². The Bertz CT molecular complexity index is 1020. The number of nitrogens with zero attached hydrogens (tertiary/aromatic N) is 2. The molecular formula is C24H30N4O2S. The smallest absolute Gasteiger partial charge is 0.183 e. The molecular weight excluding hydrogens is 408 g/mol. The first-order chi connectivity index (χ1) is 15.2. The van der Waals surface area contributed by atoms with Crippen LogP contribution in [0.5, 0.6) is 0 Å².